The van der Waals surface area contributed by atoms with Gasteiger partial charge in [0.2, 0.25) is 0 Å². The molecular weight excluding hydrogens is 514 g/mol. The number of rotatable bonds is 17. The van der Waals surface area contributed by atoms with Crippen molar-refractivity contribution in [1.82, 2.24) is 9.88 Å². The van der Waals surface area contributed by atoms with Crippen LogP contribution in [0, 0.1) is 12.8 Å². The van der Waals surface area contributed by atoms with E-state index in [9.17, 15) is 0 Å². The minimum absolute atomic E-state index is 0.281. The number of anilines is 1. The SMILES string of the molecule is COCCOCCOCCOCCOCCNc1nc2ccc(C)c(C34CCCCC3C(C)N(C)CC4)c2s1. The molecule has 2 aliphatic rings. The lowest BCUT2D eigenvalue weighted by Crippen LogP contribution is -2.55. The van der Waals surface area contributed by atoms with E-state index >= 15 is 0 Å². The summed E-state index contributed by atoms with van der Waals surface area (Å²) in [6.07, 6.45) is 6.60. The van der Waals surface area contributed by atoms with Gasteiger partial charge in [-0.3, -0.25) is 0 Å². The summed E-state index contributed by atoms with van der Waals surface area (Å²) >= 11 is 1.83. The predicted molar refractivity (Wildman–Crippen MR) is 158 cm³/mol. The molecule has 0 amide bonds. The summed E-state index contributed by atoms with van der Waals surface area (Å²) in [4.78, 5) is 7.54. The van der Waals surface area contributed by atoms with Crippen LogP contribution in [0.25, 0.3) is 10.2 Å². The number of hydrogen-bond acceptors (Lipinski definition) is 9. The van der Waals surface area contributed by atoms with Crippen LogP contribution in [0.2, 0.25) is 0 Å². The number of methoxy groups -OCH3 is 1. The largest absolute Gasteiger partial charge is 0.382 e. The van der Waals surface area contributed by atoms with Crippen molar-refractivity contribution in [2.45, 2.75) is 57.4 Å². The summed E-state index contributed by atoms with van der Waals surface area (Å²) in [6.45, 7) is 11.9. The summed E-state index contributed by atoms with van der Waals surface area (Å²) < 4.78 is 28.5. The Hall–Kier alpha value is -1.33. The van der Waals surface area contributed by atoms with E-state index in [1.54, 1.807) is 12.7 Å². The van der Waals surface area contributed by atoms with Gasteiger partial charge in [0.15, 0.2) is 5.13 Å². The molecule has 1 aromatic heterocycles. The Balaban J connectivity index is 1.20. The van der Waals surface area contributed by atoms with Gasteiger partial charge in [-0.1, -0.05) is 30.2 Å². The molecule has 1 saturated carbocycles. The number of aryl methyl sites for hydroxylation is 1. The van der Waals surface area contributed by atoms with Gasteiger partial charge in [0.25, 0.3) is 0 Å². The lowest BCUT2D eigenvalue weighted by Gasteiger charge is -2.54. The van der Waals surface area contributed by atoms with E-state index in [1.165, 1.54) is 48.9 Å². The van der Waals surface area contributed by atoms with Crippen LogP contribution in [0.1, 0.15) is 50.2 Å². The Morgan fingerprint density at radius 1 is 0.949 bits per heavy atom. The third-order valence-electron chi connectivity index (χ3n) is 8.62. The average Bonchev–Trinajstić information content (AvgIpc) is 3.35. The van der Waals surface area contributed by atoms with Crippen LogP contribution in [-0.2, 0) is 29.1 Å². The van der Waals surface area contributed by atoms with E-state index < -0.39 is 0 Å². The van der Waals surface area contributed by atoms with E-state index in [1.807, 2.05) is 11.3 Å². The number of nitrogens with zero attached hydrogens (tertiary/aromatic N) is 2. The fourth-order valence-electron chi connectivity index (χ4n) is 6.52. The highest BCUT2D eigenvalue weighted by molar-refractivity contribution is 7.22. The summed E-state index contributed by atoms with van der Waals surface area (Å²) in [5.74, 6) is 0.718. The van der Waals surface area contributed by atoms with Crippen LogP contribution in [0.5, 0.6) is 0 Å². The Bertz CT molecular complexity index is 1000. The molecule has 2 aromatic rings. The number of thiazole rings is 1. The summed E-state index contributed by atoms with van der Waals surface area (Å²) in [7, 11) is 3.97. The van der Waals surface area contributed by atoms with Gasteiger partial charge >= 0.3 is 0 Å². The zero-order chi connectivity index (χ0) is 27.5. The van der Waals surface area contributed by atoms with Crippen LogP contribution in [-0.4, -0.2) is 103 Å². The monoisotopic (exact) mass is 563 g/mol. The highest BCUT2D eigenvalue weighted by Crippen LogP contribution is 2.54. The molecule has 2 fully saturated rings. The van der Waals surface area contributed by atoms with E-state index in [2.05, 4.69) is 43.2 Å². The minimum atomic E-state index is 0.281. The lowest BCUT2D eigenvalue weighted by atomic mass is 9.56. The fraction of sp³-hybridized carbons (Fsp3) is 0.767. The van der Waals surface area contributed by atoms with Crippen molar-refractivity contribution in [3.05, 3.63) is 23.3 Å². The molecule has 220 valence electrons. The number of nitrogens with one attached hydrogen (secondary N) is 1. The maximum absolute atomic E-state index is 5.75. The van der Waals surface area contributed by atoms with Crippen molar-refractivity contribution in [2.75, 3.05) is 92.0 Å². The van der Waals surface area contributed by atoms with E-state index in [0.717, 1.165) is 23.1 Å². The van der Waals surface area contributed by atoms with Crippen molar-refractivity contribution >= 4 is 26.7 Å². The Morgan fingerprint density at radius 2 is 1.62 bits per heavy atom. The predicted octanol–water partition coefficient (Wildman–Crippen LogP) is 4.88. The summed E-state index contributed by atoms with van der Waals surface area (Å²) in [5.41, 5.74) is 4.44. The van der Waals surface area contributed by atoms with Gasteiger partial charge in [0, 0.05) is 25.1 Å². The molecule has 1 saturated heterocycles. The molecule has 1 N–H and O–H groups in total. The molecule has 9 heteroatoms. The van der Waals surface area contributed by atoms with Crippen LogP contribution >= 0.6 is 11.3 Å². The highest BCUT2D eigenvalue weighted by atomic mass is 32.1. The number of likely N-dealkylation sites (tertiary alicyclic amines) is 1. The van der Waals surface area contributed by atoms with Gasteiger partial charge < -0.3 is 33.9 Å². The molecule has 3 unspecified atom stereocenters. The van der Waals surface area contributed by atoms with Crippen molar-refractivity contribution in [3.8, 4) is 0 Å². The summed E-state index contributed by atoms with van der Waals surface area (Å²) in [5, 5.41) is 4.50. The summed E-state index contributed by atoms with van der Waals surface area (Å²) in [6, 6.07) is 5.13. The molecule has 3 atom stereocenters. The van der Waals surface area contributed by atoms with Crippen molar-refractivity contribution in [2.24, 2.45) is 5.92 Å². The topological polar surface area (TPSA) is 74.3 Å². The number of aromatic nitrogens is 1. The first-order valence-corrected chi connectivity index (χ1v) is 15.5. The average molecular weight is 564 g/mol. The van der Waals surface area contributed by atoms with Crippen molar-refractivity contribution in [1.29, 1.82) is 0 Å². The molecule has 4 rings (SSSR count). The van der Waals surface area contributed by atoms with E-state index in [0.29, 0.717) is 65.5 Å². The van der Waals surface area contributed by atoms with Crippen molar-refractivity contribution < 1.29 is 23.7 Å². The second-order valence-corrected chi connectivity index (χ2v) is 12.0. The molecule has 0 spiro atoms. The number of piperidine rings is 1. The Morgan fingerprint density at radius 3 is 2.31 bits per heavy atom. The van der Waals surface area contributed by atoms with Crippen LogP contribution in [0.15, 0.2) is 12.1 Å². The second-order valence-electron chi connectivity index (χ2n) is 11.0. The van der Waals surface area contributed by atoms with Gasteiger partial charge in [0.1, 0.15) is 0 Å². The first-order chi connectivity index (χ1) is 19.1. The maximum Gasteiger partial charge on any atom is 0.183 e. The first kappa shape index (κ1) is 30.6. The number of benzene rings is 1. The zero-order valence-corrected chi connectivity index (χ0v) is 25.3. The quantitative estimate of drug-likeness (QED) is 0.273. The van der Waals surface area contributed by atoms with Crippen molar-refractivity contribution in [3.63, 3.8) is 0 Å². The standard InChI is InChI=1S/C30H49N3O5S/c1-23-8-9-26-28(27(23)30-10-6-5-7-25(30)24(2)33(3)13-11-30)39-29(32-26)31-12-14-35-17-18-37-21-22-38-20-19-36-16-15-34-4/h8-9,24-25H,5-7,10-22H2,1-4H3,(H,31,32). The molecule has 8 nitrogen and oxygen atoms in total. The van der Waals surface area contributed by atoms with E-state index in [-0.39, 0.29) is 5.41 Å². The van der Waals surface area contributed by atoms with Gasteiger partial charge in [-0.15, -0.1) is 0 Å². The molecule has 1 aliphatic heterocycles. The minimum Gasteiger partial charge on any atom is -0.382 e. The van der Waals surface area contributed by atoms with Gasteiger partial charge in [-0.05, 0) is 69.8 Å². The number of hydrogen-bond donors (Lipinski definition) is 1. The van der Waals surface area contributed by atoms with Crippen LogP contribution < -0.4 is 5.32 Å². The normalized spacial score (nSPS) is 23.8. The molecule has 1 aliphatic carbocycles. The van der Waals surface area contributed by atoms with Crippen LogP contribution in [0.4, 0.5) is 5.13 Å². The smallest absolute Gasteiger partial charge is 0.183 e. The third kappa shape index (κ3) is 7.91. The van der Waals surface area contributed by atoms with Gasteiger partial charge in [-0.25, -0.2) is 4.98 Å². The highest BCUT2D eigenvalue weighted by Gasteiger charge is 2.49. The molecule has 1 aromatic carbocycles. The Kier molecular flexibility index (Phi) is 12.3. The van der Waals surface area contributed by atoms with Crippen LogP contribution in [0.3, 0.4) is 0 Å². The van der Waals surface area contributed by atoms with Gasteiger partial charge in [0.05, 0.1) is 69.7 Å². The number of fused-ring (bicyclic) bond motifs is 2. The van der Waals surface area contributed by atoms with Gasteiger partial charge in [-0.2, -0.15) is 0 Å². The molecular formula is C30H49N3O5S. The molecule has 2 heterocycles. The first-order valence-electron chi connectivity index (χ1n) is 14.7. The third-order valence-corrected chi connectivity index (χ3v) is 9.67. The van der Waals surface area contributed by atoms with E-state index in [4.69, 9.17) is 28.7 Å². The zero-order valence-electron chi connectivity index (χ0n) is 24.5. The molecule has 0 bridgehead atoms. The lowest BCUT2D eigenvalue weighted by molar-refractivity contribution is -0.00700. The maximum atomic E-state index is 5.75. The molecule has 0 radical (unpaired) electrons. The Labute approximate surface area is 238 Å². The number of ether oxygens (including phenoxy) is 5. The second kappa shape index (κ2) is 15.6. The fourth-order valence-corrected chi connectivity index (χ4v) is 7.72. The molecule has 39 heavy (non-hydrogen) atoms.